The molecule has 0 saturated heterocycles. The molecule has 1 N–H and O–H groups in total. The van der Waals surface area contributed by atoms with Crippen LogP contribution in [0.25, 0.3) is 0 Å². The number of carbonyl (C=O) groups excluding carboxylic acids is 1. The van der Waals surface area contributed by atoms with Crippen LogP contribution in [0.1, 0.15) is 37.6 Å². The molecule has 0 aromatic heterocycles. The lowest BCUT2D eigenvalue weighted by molar-refractivity contribution is 0.0951. The van der Waals surface area contributed by atoms with Gasteiger partial charge in [-0.1, -0.05) is 13.8 Å². The molecule has 0 heterocycles. The molecule has 0 spiro atoms. The van der Waals surface area contributed by atoms with Crippen LogP contribution < -0.4 is 10.1 Å². The van der Waals surface area contributed by atoms with Gasteiger partial charge in [0.05, 0.1) is 6.61 Å². The predicted molar refractivity (Wildman–Crippen MR) is 82.4 cm³/mol. The van der Waals surface area contributed by atoms with E-state index in [0.717, 1.165) is 6.42 Å². The zero-order valence-corrected chi connectivity index (χ0v) is 13.9. The normalized spacial score (nSPS) is 11.5. The maximum absolute atomic E-state index is 12.0. The second kappa shape index (κ2) is 7.66. The van der Waals surface area contributed by atoms with Gasteiger partial charge in [-0.2, -0.15) is 0 Å². The van der Waals surface area contributed by atoms with Crippen LogP contribution in [0.2, 0.25) is 0 Å². The van der Waals surface area contributed by atoms with Crippen LogP contribution >= 0.6 is 10.7 Å². The highest BCUT2D eigenvalue weighted by Gasteiger charge is 2.19. The summed E-state index contributed by atoms with van der Waals surface area (Å²) >= 11 is 0. The number of ether oxygens (including phenoxy) is 1. The Morgan fingerprint density at radius 1 is 1.38 bits per heavy atom. The summed E-state index contributed by atoms with van der Waals surface area (Å²) in [6, 6.07) is 4.19. The van der Waals surface area contributed by atoms with Gasteiger partial charge in [0.25, 0.3) is 15.0 Å². The highest BCUT2D eigenvalue weighted by molar-refractivity contribution is 8.13. The molecule has 7 heteroatoms. The van der Waals surface area contributed by atoms with Crippen LogP contribution in [0.15, 0.2) is 23.1 Å². The van der Waals surface area contributed by atoms with Crippen molar-refractivity contribution >= 4 is 25.6 Å². The molecule has 0 fully saturated rings. The van der Waals surface area contributed by atoms with Crippen molar-refractivity contribution in [2.45, 2.75) is 32.1 Å². The van der Waals surface area contributed by atoms with Crippen molar-refractivity contribution in [2.75, 3.05) is 13.2 Å². The van der Waals surface area contributed by atoms with Gasteiger partial charge in [0.2, 0.25) is 0 Å². The van der Waals surface area contributed by atoms with Crippen LogP contribution in [0.3, 0.4) is 0 Å². The van der Waals surface area contributed by atoms with Crippen molar-refractivity contribution in [1.82, 2.24) is 5.32 Å². The highest BCUT2D eigenvalue weighted by atomic mass is 35.7. The Hall–Kier alpha value is -1.27. The van der Waals surface area contributed by atoms with Gasteiger partial charge in [0.15, 0.2) is 0 Å². The molecule has 0 aliphatic rings. The largest absolute Gasteiger partial charge is 0.492 e. The third-order valence-corrected chi connectivity index (χ3v) is 4.12. The summed E-state index contributed by atoms with van der Waals surface area (Å²) in [5.74, 6) is 0.288. The highest BCUT2D eigenvalue weighted by Crippen LogP contribution is 2.28. The Morgan fingerprint density at radius 3 is 2.57 bits per heavy atom. The van der Waals surface area contributed by atoms with Gasteiger partial charge >= 0.3 is 0 Å². The Bertz CT molecular complexity index is 599. The first kappa shape index (κ1) is 17.8. The fourth-order valence-corrected chi connectivity index (χ4v) is 2.69. The lowest BCUT2D eigenvalue weighted by Gasteiger charge is -2.11. The number of carbonyl (C=O) groups is 1. The fourth-order valence-electron chi connectivity index (χ4n) is 1.69. The van der Waals surface area contributed by atoms with Gasteiger partial charge in [-0.15, -0.1) is 0 Å². The molecule has 0 saturated carbocycles. The van der Waals surface area contributed by atoms with Gasteiger partial charge in [-0.25, -0.2) is 8.42 Å². The average Bonchev–Trinajstić information content (AvgIpc) is 2.37. The maximum atomic E-state index is 12.0. The van der Waals surface area contributed by atoms with E-state index in [2.05, 4.69) is 19.2 Å². The second-order valence-electron chi connectivity index (χ2n) is 4.97. The number of rotatable bonds is 7. The maximum Gasteiger partial charge on any atom is 0.265 e. The summed E-state index contributed by atoms with van der Waals surface area (Å²) < 4.78 is 28.3. The van der Waals surface area contributed by atoms with Gasteiger partial charge in [-0.05, 0) is 37.5 Å². The smallest absolute Gasteiger partial charge is 0.265 e. The zero-order valence-electron chi connectivity index (χ0n) is 12.3. The molecule has 118 valence electrons. The van der Waals surface area contributed by atoms with E-state index in [0.29, 0.717) is 19.1 Å². The summed E-state index contributed by atoms with van der Waals surface area (Å²) in [4.78, 5) is 11.8. The molecule has 1 aromatic rings. The summed E-state index contributed by atoms with van der Waals surface area (Å²) in [5, 5.41) is 2.74. The standard InChI is InChI=1S/C14H20ClNO4S/c1-4-20-12-6-5-11(9-13(12)21(15,18)19)14(17)16-8-7-10(2)3/h5-6,9-10H,4,7-8H2,1-3H3,(H,16,17). The molecule has 1 amide bonds. The van der Waals surface area contributed by atoms with Crippen molar-refractivity contribution in [3.05, 3.63) is 23.8 Å². The van der Waals surface area contributed by atoms with Gasteiger partial charge in [0, 0.05) is 22.8 Å². The van der Waals surface area contributed by atoms with E-state index < -0.39 is 9.05 Å². The van der Waals surface area contributed by atoms with Crippen LogP contribution in [-0.4, -0.2) is 27.5 Å². The molecular formula is C14H20ClNO4S. The van der Waals surface area contributed by atoms with Crippen molar-refractivity contribution < 1.29 is 17.9 Å². The number of benzene rings is 1. The van der Waals surface area contributed by atoms with Crippen molar-refractivity contribution in [3.8, 4) is 5.75 Å². The van der Waals surface area contributed by atoms with Crippen molar-refractivity contribution in [1.29, 1.82) is 0 Å². The molecule has 0 aliphatic heterocycles. The van der Waals surface area contributed by atoms with E-state index in [1.54, 1.807) is 6.92 Å². The Kier molecular flexibility index (Phi) is 6.48. The summed E-state index contributed by atoms with van der Waals surface area (Å²) in [5.41, 5.74) is 0.237. The van der Waals surface area contributed by atoms with E-state index in [4.69, 9.17) is 15.4 Å². The molecule has 5 nitrogen and oxygen atoms in total. The first-order chi connectivity index (χ1) is 9.75. The number of hydrogen-bond acceptors (Lipinski definition) is 4. The van der Waals surface area contributed by atoms with Crippen LogP contribution in [0.4, 0.5) is 0 Å². The lowest BCUT2D eigenvalue weighted by Crippen LogP contribution is -2.25. The summed E-state index contributed by atoms with van der Waals surface area (Å²) in [6.07, 6.45) is 0.851. The number of amides is 1. The molecule has 1 aromatic carbocycles. The first-order valence-electron chi connectivity index (χ1n) is 6.75. The monoisotopic (exact) mass is 333 g/mol. The Morgan fingerprint density at radius 2 is 2.05 bits per heavy atom. The van der Waals surface area contributed by atoms with Crippen molar-refractivity contribution in [3.63, 3.8) is 0 Å². The molecule has 0 bridgehead atoms. The molecule has 0 atom stereocenters. The number of halogens is 1. The number of hydrogen-bond donors (Lipinski definition) is 1. The van der Waals surface area contributed by atoms with E-state index in [9.17, 15) is 13.2 Å². The van der Waals surface area contributed by atoms with Crippen molar-refractivity contribution in [2.24, 2.45) is 5.92 Å². The average molecular weight is 334 g/mol. The van der Waals surface area contributed by atoms with E-state index in [1.807, 2.05) is 0 Å². The minimum absolute atomic E-state index is 0.145. The minimum Gasteiger partial charge on any atom is -0.492 e. The van der Waals surface area contributed by atoms with E-state index in [-0.39, 0.29) is 22.1 Å². The van der Waals surface area contributed by atoms with Gasteiger partial charge < -0.3 is 10.1 Å². The second-order valence-corrected chi connectivity index (χ2v) is 7.51. The Labute approximate surface area is 130 Å². The zero-order chi connectivity index (χ0) is 16.0. The first-order valence-corrected chi connectivity index (χ1v) is 9.06. The van der Waals surface area contributed by atoms with Crippen LogP contribution in [0.5, 0.6) is 5.75 Å². The molecule has 0 unspecified atom stereocenters. The third-order valence-electron chi connectivity index (χ3n) is 2.78. The summed E-state index contributed by atoms with van der Waals surface area (Å²) in [6.45, 7) is 6.69. The lowest BCUT2D eigenvalue weighted by atomic mass is 10.1. The third kappa shape index (κ3) is 5.55. The molecular weight excluding hydrogens is 314 g/mol. The molecule has 1 rings (SSSR count). The van der Waals surface area contributed by atoms with Gasteiger partial charge in [-0.3, -0.25) is 4.79 Å². The van der Waals surface area contributed by atoms with E-state index in [1.165, 1.54) is 18.2 Å². The SMILES string of the molecule is CCOc1ccc(C(=O)NCCC(C)C)cc1S(=O)(=O)Cl. The van der Waals surface area contributed by atoms with Gasteiger partial charge in [0.1, 0.15) is 10.6 Å². The topological polar surface area (TPSA) is 72.5 Å². The minimum atomic E-state index is -3.98. The molecule has 21 heavy (non-hydrogen) atoms. The molecule has 0 aliphatic carbocycles. The fraction of sp³-hybridized carbons (Fsp3) is 0.500. The molecule has 0 radical (unpaired) electrons. The van der Waals surface area contributed by atoms with Crippen LogP contribution in [-0.2, 0) is 9.05 Å². The van der Waals surface area contributed by atoms with E-state index >= 15 is 0 Å². The number of nitrogens with one attached hydrogen (secondary N) is 1. The van der Waals surface area contributed by atoms with Crippen LogP contribution in [0, 0.1) is 5.92 Å². The summed E-state index contributed by atoms with van der Waals surface area (Å²) in [7, 11) is 1.40. The quantitative estimate of drug-likeness (QED) is 0.779. The Balaban J connectivity index is 2.97. The predicted octanol–water partition coefficient (Wildman–Crippen LogP) is 2.79.